The van der Waals surface area contributed by atoms with Gasteiger partial charge in [0, 0.05) is 36.7 Å². The zero-order valence-electron chi connectivity index (χ0n) is 26.4. The molecule has 1 aromatic carbocycles. The Morgan fingerprint density at radius 1 is 1.02 bits per heavy atom. The summed E-state index contributed by atoms with van der Waals surface area (Å²) in [7, 11) is 1.75. The lowest BCUT2D eigenvalue weighted by molar-refractivity contribution is -0.142. The van der Waals surface area contributed by atoms with E-state index in [-0.39, 0.29) is 41.4 Å². The number of amides is 2. The van der Waals surface area contributed by atoms with Gasteiger partial charge in [0.2, 0.25) is 17.6 Å². The van der Waals surface area contributed by atoms with Crippen LogP contribution in [0.5, 0.6) is 0 Å². The number of carbonyl (C=O) groups excluding carboxylic acids is 3. The average Bonchev–Trinajstić information content (AvgIpc) is 3.68. The summed E-state index contributed by atoms with van der Waals surface area (Å²) in [6.45, 7) is 0.429. The molecule has 10 heteroatoms. The zero-order valence-corrected chi connectivity index (χ0v) is 26.4. The number of ether oxygens (including phenoxy) is 2. The highest BCUT2D eigenvalue weighted by Crippen LogP contribution is 2.42. The topological polar surface area (TPSA) is 124 Å². The number of fused-ring (bicyclic) bond motifs is 1. The van der Waals surface area contributed by atoms with Gasteiger partial charge in [-0.1, -0.05) is 6.42 Å². The molecule has 45 heavy (non-hydrogen) atoms. The third-order valence-corrected chi connectivity index (χ3v) is 11.2. The van der Waals surface area contributed by atoms with Gasteiger partial charge in [0.05, 0.1) is 12.7 Å². The van der Waals surface area contributed by atoms with Crippen LogP contribution in [-0.2, 0) is 19.1 Å². The third-order valence-electron chi connectivity index (χ3n) is 11.2. The number of halogens is 1. The lowest BCUT2D eigenvalue weighted by Gasteiger charge is -2.37. The molecule has 0 radical (unpaired) electrons. The van der Waals surface area contributed by atoms with E-state index < -0.39 is 24.7 Å². The minimum absolute atomic E-state index is 0.0332. The molecule has 3 atom stereocenters. The summed E-state index contributed by atoms with van der Waals surface area (Å²) < 4.78 is 30.0. The van der Waals surface area contributed by atoms with Crippen molar-refractivity contribution in [2.24, 2.45) is 35.3 Å². The van der Waals surface area contributed by atoms with E-state index in [0.717, 1.165) is 57.8 Å². The van der Waals surface area contributed by atoms with Crippen LogP contribution in [0.2, 0.25) is 0 Å². The van der Waals surface area contributed by atoms with Crippen LogP contribution in [0, 0.1) is 29.6 Å². The molecule has 4 fully saturated rings. The van der Waals surface area contributed by atoms with Crippen molar-refractivity contribution in [3.05, 3.63) is 30.0 Å². The van der Waals surface area contributed by atoms with E-state index in [4.69, 9.17) is 19.6 Å². The number of hydrogen-bond acceptors (Lipinski definition) is 7. The maximum absolute atomic E-state index is 14.1. The van der Waals surface area contributed by atoms with Gasteiger partial charge < -0.3 is 29.8 Å². The van der Waals surface area contributed by atoms with Crippen molar-refractivity contribution in [2.45, 2.75) is 95.2 Å². The first-order valence-corrected chi connectivity index (χ1v) is 17.0. The Labute approximate surface area is 264 Å². The van der Waals surface area contributed by atoms with Crippen molar-refractivity contribution in [2.75, 3.05) is 32.3 Å². The second-order valence-electron chi connectivity index (χ2n) is 13.9. The molecule has 3 saturated carbocycles. The number of nitrogens with two attached hydrogens (primary N) is 1. The highest BCUT2D eigenvalue weighted by atomic mass is 19.1. The minimum Gasteiger partial charge on any atom is -0.460 e. The van der Waals surface area contributed by atoms with Gasteiger partial charge in [0.25, 0.3) is 0 Å². The average molecular weight is 626 g/mol. The predicted molar refractivity (Wildman–Crippen MR) is 168 cm³/mol. The molecule has 1 saturated heterocycles. The number of carbonyl (C=O) groups is 3. The number of alkyl halides is 1. The molecule has 9 nitrogen and oxygen atoms in total. The minimum atomic E-state index is -0.565. The lowest BCUT2D eigenvalue weighted by Crippen LogP contribution is -2.50. The Bertz CT molecular complexity index is 1340. The molecule has 6 rings (SSSR count). The molecule has 0 unspecified atom stereocenters. The molecule has 0 spiro atoms. The van der Waals surface area contributed by atoms with Gasteiger partial charge in [-0.15, -0.1) is 0 Å². The summed E-state index contributed by atoms with van der Waals surface area (Å²) in [5.41, 5.74) is 7.09. The molecule has 4 aliphatic rings. The first kappa shape index (κ1) is 32.0. The van der Waals surface area contributed by atoms with Crippen molar-refractivity contribution >= 4 is 34.4 Å². The van der Waals surface area contributed by atoms with Crippen molar-refractivity contribution in [1.82, 2.24) is 4.90 Å². The smallest absolute Gasteiger partial charge is 0.374 e. The molecule has 2 aromatic rings. The van der Waals surface area contributed by atoms with Crippen molar-refractivity contribution in [3.63, 3.8) is 0 Å². The number of esters is 1. The summed E-state index contributed by atoms with van der Waals surface area (Å²) in [4.78, 5) is 42.5. The van der Waals surface area contributed by atoms with E-state index in [2.05, 4.69) is 5.32 Å². The summed E-state index contributed by atoms with van der Waals surface area (Å²) in [6.07, 6.45) is 11.1. The largest absolute Gasteiger partial charge is 0.460 e. The van der Waals surface area contributed by atoms with Crippen molar-refractivity contribution in [3.8, 4) is 0 Å². The standard InChI is InChI=1S/C35H48FN3O6/c1-43-27-12-9-22(10-13-27)28-15-16-39(34(41)24-7-5-23(6-8-24)29(37)19-36)32(28)33(40)38-26-11-14-30-25(17-26)18-31(45-30)35(42)44-20-21-3-2-4-21/h11,14,17-18,21-24,27-29,32H,2-10,12-13,15-16,19-20,37H2,1H3,(H,38,40)/t22?,23-,24-,27?,28-,29+,32-/m0/s1. The van der Waals surface area contributed by atoms with Crippen LogP contribution in [-0.4, -0.2) is 67.8 Å². The normalized spacial score (nSPS) is 29.7. The SMILES string of the molecule is COC1CCC([C@@H]2CCN(C(=O)[C@H]3CC[C@H]([C@H](N)CF)CC3)[C@@H]2C(=O)Nc2ccc3oc(C(=O)OCC4CCC4)cc3c2)CC1. The molecule has 1 aromatic heterocycles. The van der Waals surface area contributed by atoms with Crippen LogP contribution >= 0.6 is 0 Å². The summed E-state index contributed by atoms with van der Waals surface area (Å²) in [5, 5.41) is 3.80. The Kier molecular flexibility index (Phi) is 10.1. The molecular formula is C35H48FN3O6. The fraction of sp³-hybridized carbons (Fsp3) is 0.686. The van der Waals surface area contributed by atoms with E-state index in [9.17, 15) is 18.8 Å². The number of hydrogen-bond donors (Lipinski definition) is 2. The highest BCUT2D eigenvalue weighted by molar-refractivity contribution is 6.00. The second-order valence-corrected chi connectivity index (χ2v) is 13.9. The fourth-order valence-corrected chi connectivity index (χ4v) is 8.16. The van der Waals surface area contributed by atoms with Gasteiger partial charge in [0.15, 0.2) is 0 Å². The van der Waals surface area contributed by atoms with Gasteiger partial charge in [-0.2, -0.15) is 0 Å². The molecule has 2 amide bonds. The zero-order chi connectivity index (χ0) is 31.5. The molecular weight excluding hydrogens is 577 g/mol. The van der Waals surface area contributed by atoms with Gasteiger partial charge in [-0.3, -0.25) is 9.59 Å². The van der Waals surface area contributed by atoms with Crippen LogP contribution in [0.4, 0.5) is 10.1 Å². The number of methoxy groups -OCH3 is 1. The second kappa shape index (κ2) is 14.2. The molecule has 3 N–H and O–H groups in total. The Hall–Kier alpha value is -2.98. The number of nitrogens with zero attached hydrogens (tertiary/aromatic N) is 1. The summed E-state index contributed by atoms with van der Waals surface area (Å²) in [5.74, 6) is 0.299. The molecule has 246 valence electrons. The summed E-state index contributed by atoms with van der Waals surface area (Å²) in [6, 6.07) is 5.93. The Balaban J connectivity index is 1.16. The fourth-order valence-electron chi connectivity index (χ4n) is 8.16. The lowest BCUT2D eigenvalue weighted by atomic mass is 9.75. The van der Waals surface area contributed by atoms with Crippen molar-refractivity contribution in [1.29, 1.82) is 0 Å². The highest BCUT2D eigenvalue weighted by Gasteiger charge is 2.47. The quantitative estimate of drug-likeness (QED) is 0.317. The third kappa shape index (κ3) is 7.07. The number of nitrogens with one attached hydrogen (secondary N) is 1. The van der Waals surface area contributed by atoms with E-state index in [0.29, 0.717) is 54.5 Å². The molecule has 2 heterocycles. The van der Waals surface area contributed by atoms with E-state index in [1.807, 2.05) is 4.90 Å². The van der Waals surface area contributed by atoms with Crippen LogP contribution in [0.3, 0.4) is 0 Å². The predicted octanol–water partition coefficient (Wildman–Crippen LogP) is 5.85. The number of anilines is 1. The Morgan fingerprint density at radius 3 is 2.44 bits per heavy atom. The van der Waals surface area contributed by atoms with Crippen LogP contribution in [0.1, 0.15) is 87.6 Å². The van der Waals surface area contributed by atoms with Crippen LogP contribution in [0.25, 0.3) is 11.0 Å². The number of furan rings is 1. The molecule has 0 bridgehead atoms. The van der Waals surface area contributed by atoms with Crippen LogP contribution < -0.4 is 11.1 Å². The van der Waals surface area contributed by atoms with E-state index in [1.54, 1.807) is 31.4 Å². The number of rotatable bonds is 10. The van der Waals surface area contributed by atoms with E-state index in [1.165, 1.54) is 6.42 Å². The van der Waals surface area contributed by atoms with Gasteiger partial charge >= 0.3 is 5.97 Å². The maximum Gasteiger partial charge on any atom is 0.374 e. The first-order chi connectivity index (χ1) is 21.8. The van der Waals surface area contributed by atoms with Gasteiger partial charge in [-0.25, -0.2) is 9.18 Å². The number of benzene rings is 1. The Morgan fingerprint density at radius 2 is 1.78 bits per heavy atom. The first-order valence-electron chi connectivity index (χ1n) is 17.0. The summed E-state index contributed by atoms with van der Waals surface area (Å²) >= 11 is 0. The maximum atomic E-state index is 14.1. The van der Waals surface area contributed by atoms with Crippen LogP contribution in [0.15, 0.2) is 28.7 Å². The molecule has 3 aliphatic carbocycles. The number of likely N-dealkylation sites (tertiary alicyclic amines) is 1. The monoisotopic (exact) mass is 625 g/mol. The van der Waals surface area contributed by atoms with Crippen molar-refractivity contribution < 1.29 is 32.7 Å². The molecule has 1 aliphatic heterocycles. The van der Waals surface area contributed by atoms with Gasteiger partial charge in [-0.05, 0) is 119 Å². The van der Waals surface area contributed by atoms with Gasteiger partial charge in [0.1, 0.15) is 18.3 Å². The van der Waals surface area contributed by atoms with E-state index >= 15 is 0 Å².